The fourth-order valence-electron chi connectivity index (χ4n) is 2.04. The average Bonchev–Trinajstić information content (AvgIpc) is 2.52. The maximum Gasteiger partial charge on any atom is 0.416 e. The summed E-state index contributed by atoms with van der Waals surface area (Å²) in [6.45, 7) is 0.392. The molecule has 1 aromatic carbocycles. The first-order valence-electron chi connectivity index (χ1n) is 7.09. The van der Waals surface area contributed by atoms with E-state index in [4.69, 9.17) is 13.7 Å². The van der Waals surface area contributed by atoms with Crippen LogP contribution in [0.1, 0.15) is 24.8 Å². The molecule has 0 bridgehead atoms. The predicted molar refractivity (Wildman–Crippen MR) is 74.1 cm³/mol. The first-order chi connectivity index (χ1) is 10.8. The van der Waals surface area contributed by atoms with Crippen LogP contribution in [0.2, 0.25) is 0 Å². The topological polar surface area (TPSA) is 61.8 Å². The number of rotatable bonds is 6. The molecule has 1 unspecified atom stereocenters. The highest BCUT2D eigenvalue weighted by Crippen LogP contribution is 2.29. The highest BCUT2D eigenvalue weighted by molar-refractivity contribution is 7.86. The van der Waals surface area contributed by atoms with Gasteiger partial charge in [0, 0.05) is 6.61 Å². The van der Waals surface area contributed by atoms with Crippen molar-refractivity contribution >= 4 is 10.1 Å². The van der Waals surface area contributed by atoms with E-state index >= 15 is 0 Å². The number of hydrogen-bond acceptors (Lipinski definition) is 5. The Balaban J connectivity index is 1.83. The van der Waals surface area contributed by atoms with Crippen LogP contribution in [0.15, 0.2) is 29.2 Å². The number of hydrogen-bond donors (Lipinski definition) is 0. The third-order valence-corrected chi connectivity index (χ3v) is 4.56. The van der Waals surface area contributed by atoms with Crippen molar-refractivity contribution in [1.82, 2.24) is 0 Å². The van der Waals surface area contributed by atoms with Gasteiger partial charge in [-0.05, 0) is 43.5 Å². The Bertz CT molecular complexity index is 592. The van der Waals surface area contributed by atoms with E-state index in [1.165, 1.54) is 0 Å². The summed E-state index contributed by atoms with van der Waals surface area (Å²) in [5.74, 6) is 0. The van der Waals surface area contributed by atoms with Crippen LogP contribution in [0.3, 0.4) is 0 Å². The third-order valence-electron chi connectivity index (χ3n) is 3.23. The summed E-state index contributed by atoms with van der Waals surface area (Å²) in [6.07, 6.45) is -2.18. The lowest BCUT2D eigenvalue weighted by Gasteiger charge is -2.22. The lowest BCUT2D eigenvalue weighted by Crippen LogP contribution is -2.24. The summed E-state index contributed by atoms with van der Waals surface area (Å²) >= 11 is 0. The zero-order chi connectivity index (χ0) is 16.9. The molecule has 1 atom stereocenters. The second-order valence-electron chi connectivity index (χ2n) is 4.97. The van der Waals surface area contributed by atoms with Gasteiger partial charge in [-0.1, -0.05) is 0 Å². The van der Waals surface area contributed by atoms with Gasteiger partial charge in [-0.25, -0.2) is 0 Å². The predicted octanol–water partition coefficient (Wildman–Crippen LogP) is 2.95. The van der Waals surface area contributed by atoms with Crippen molar-refractivity contribution in [1.29, 1.82) is 0 Å². The Morgan fingerprint density at radius 1 is 1.13 bits per heavy atom. The molecule has 0 aromatic heterocycles. The quantitative estimate of drug-likeness (QED) is 0.581. The summed E-state index contributed by atoms with van der Waals surface area (Å²) < 4.78 is 76.4. The Labute approximate surface area is 132 Å². The van der Waals surface area contributed by atoms with E-state index in [1.54, 1.807) is 0 Å². The molecule has 1 saturated heterocycles. The largest absolute Gasteiger partial charge is 0.416 e. The van der Waals surface area contributed by atoms with Gasteiger partial charge in [-0.2, -0.15) is 21.6 Å². The molecule has 23 heavy (non-hydrogen) atoms. The molecule has 0 saturated carbocycles. The lowest BCUT2D eigenvalue weighted by atomic mass is 10.2. The fourth-order valence-corrected chi connectivity index (χ4v) is 2.94. The van der Waals surface area contributed by atoms with E-state index in [2.05, 4.69) is 0 Å². The van der Waals surface area contributed by atoms with Gasteiger partial charge in [0.15, 0.2) is 6.29 Å². The molecule has 0 radical (unpaired) electrons. The first-order valence-corrected chi connectivity index (χ1v) is 8.50. The molecular formula is C14H17F3O5S. The van der Waals surface area contributed by atoms with Gasteiger partial charge in [0.2, 0.25) is 0 Å². The van der Waals surface area contributed by atoms with E-state index in [-0.39, 0.29) is 24.4 Å². The smallest absolute Gasteiger partial charge is 0.353 e. The Hall–Kier alpha value is -1.16. The minimum Gasteiger partial charge on any atom is -0.353 e. The molecule has 1 heterocycles. The minimum absolute atomic E-state index is 0.0184. The fraction of sp³-hybridized carbons (Fsp3) is 0.571. The summed E-state index contributed by atoms with van der Waals surface area (Å²) in [5.41, 5.74) is -0.922. The molecule has 1 aromatic rings. The minimum atomic E-state index is -4.52. The van der Waals surface area contributed by atoms with Crippen molar-refractivity contribution in [3.63, 3.8) is 0 Å². The van der Waals surface area contributed by atoms with Crippen LogP contribution in [0, 0.1) is 0 Å². The summed E-state index contributed by atoms with van der Waals surface area (Å²) in [7, 11) is -4.11. The lowest BCUT2D eigenvalue weighted by molar-refractivity contribution is -0.165. The zero-order valence-corrected chi connectivity index (χ0v) is 13.0. The zero-order valence-electron chi connectivity index (χ0n) is 12.2. The third kappa shape index (κ3) is 5.45. The molecular weight excluding hydrogens is 337 g/mol. The van der Waals surface area contributed by atoms with Crippen LogP contribution in [-0.2, 0) is 30.0 Å². The van der Waals surface area contributed by atoms with Crippen LogP contribution in [0.4, 0.5) is 13.2 Å². The molecule has 2 rings (SSSR count). The second kappa shape index (κ2) is 7.61. The van der Waals surface area contributed by atoms with Gasteiger partial charge in [-0.15, -0.1) is 0 Å². The number of benzene rings is 1. The van der Waals surface area contributed by atoms with Gasteiger partial charge in [0.25, 0.3) is 10.1 Å². The van der Waals surface area contributed by atoms with E-state index in [0.29, 0.717) is 18.7 Å². The van der Waals surface area contributed by atoms with Gasteiger partial charge < -0.3 is 9.47 Å². The van der Waals surface area contributed by atoms with Crippen molar-refractivity contribution in [3.8, 4) is 0 Å². The highest BCUT2D eigenvalue weighted by Gasteiger charge is 2.30. The molecule has 130 valence electrons. The molecule has 9 heteroatoms. The van der Waals surface area contributed by atoms with Gasteiger partial charge in [0.05, 0.1) is 23.7 Å². The van der Waals surface area contributed by atoms with Crippen LogP contribution in [0.5, 0.6) is 0 Å². The van der Waals surface area contributed by atoms with Crippen molar-refractivity contribution in [2.24, 2.45) is 0 Å². The molecule has 0 spiro atoms. The van der Waals surface area contributed by atoms with Crippen molar-refractivity contribution in [2.45, 2.75) is 36.6 Å². The monoisotopic (exact) mass is 354 g/mol. The van der Waals surface area contributed by atoms with Gasteiger partial charge in [0.1, 0.15) is 0 Å². The standard InChI is InChI=1S/C14H17F3O5S/c15-14(16,17)11-4-6-12(7-5-11)23(18,19)22-10-9-21-13-3-1-2-8-20-13/h4-7,13H,1-3,8-10H2. The van der Waals surface area contributed by atoms with E-state index in [1.807, 2.05) is 0 Å². The summed E-state index contributed by atoms with van der Waals surface area (Å²) in [6, 6.07) is 3.12. The molecule has 1 aliphatic heterocycles. The van der Waals surface area contributed by atoms with Crippen molar-refractivity contribution in [2.75, 3.05) is 19.8 Å². The molecule has 0 aliphatic carbocycles. The van der Waals surface area contributed by atoms with Crippen LogP contribution < -0.4 is 0 Å². The summed E-state index contributed by atoms with van der Waals surface area (Å²) in [4.78, 5) is -0.334. The molecule has 1 fully saturated rings. The first kappa shape index (κ1) is 18.2. The normalized spacial score (nSPS) is 19.7. The SMILES string of the molecule is O=S(=O)(OCCOC1CCCCO1)c1ccc(C(F)(F)F)cc1. The van der Waals surface area contributed by atoms with Crippen LogP contribution >= 0.6 is 0 Å². The second-order valence-corrected chi connectivity index (χ2v) is 6.58. The number of alkyl halides is 3. The highest BCUT2D eigenvalue weighted by atomic mass is 32.2. The molecule has 1 aliphatic rings. The Morgan fingerprint density at radius 2 is 1.83 bits per heavy atom. The van der Waals surface area contributed by atoms with Crippen LogP contribution in [0.25, 0.3) is 0 Å². The Kier molecular flexibility index (Phi) is 6.01. The van der Waals surface area contributed by atoms with Crippen molar-refractivity contribution < 1.29 is 35.2 Å². The van der Waals surface area contributed by atoms with Gasteiger partial charge in [-0.3, -0.25) is 4.18 Å². The maximum absolute atomic E-state index is 12.4. The molecule has 0 N–H and O–H groups in total. The van der Waals surface area contributed by atoms with Crippen LogP contribution in [-0.4, -0.2) is 34.5 Å². The number of ether oxygens (including phenoxy) is 2. The Morgan fingerprint density at radius 3 is 2.39 bits per heavy atom. The van der Waals surface area contributed by atoms with E-state index in [9.17, 15) is 21.6 Å². The van der Waals surface area contributed by atoms with E-state index in [0.717, 1.165) is 31.4 Å². The van der Waals surface area contributed by atoms with Crippen molar-refractivity contribution in [3.05, 3.63) is 29.8 Å². The molecule has 5 nitrogen and oxygen atoms in total. The average molecular weight is 354 g/mol. The molecule has 0 amide bonds. The maximum atomic E-state index is 12.4. The van der Waals surface area contributed by atoms with E-state index < -0.39 is 21.9 Å². The van der Waals surface area contributed by atoms with Gasteiger partial charge >= 0.3 is 6.18 Å². The summed E-state index contributed by atoms with van der Waals surface area (Å²) in [5, 5.41) is 0. The number of halogens is 3.